The number of nitrogens with zero attached hydrogens (tertiary/aromatic N) is 3. The molecule has 1 atom stereocenters. The molecule has 0 aliphatic carbocycles. The number of nitrogens with one attached hydrogen (secondary N) is 1. The molecule has 1 unspecified atom stereocenters. The largest absolute Gasteiger partial charge is 0.497 e. The number of pyridine rings is 1. The average molecular weight is 485 g/mol. The number of fused-ring (bicyclic) bond motifs is 2. The molecule has 0 radical (unpaired) electrons. The number of hydrogen-bond donors (Lipinski definition) is 1. The molecule has 36 heavy (non-hydrogen) atoms. The smallest absolute Gasteiger partial charge is 0.321 e. The number of ether oxygens (including phenoxy) is 3. The van der Waals surface area contributed by atoms with Gasteiger partial charge < -0.3 is 28.8 Å². The third-order valence-electron chi connectivity index (χ3n) is 6.79. The van der Waals surface area contributed by atoms with Gasteiger partial charge in [0.25, 0.3) is 0 Å². The number of methoxy groups -OCH3 is 1. The molecule has 2 aliphatic heterocycles. The van der Waals surface area contributed by atoms with Crippen LogP contribution >= 0.6 is 0 Å². The van der Waals surface area contributed by atoms with Crippen molar-refractivity contribution in [2.75, 3.05) is 38.7 Å². The molecule has 1 saturated heterocycles. The number of piperidine rings is 1. The van der Waals surface area contributed by atoms with Gasteiger partial charge in [-0.3, -0.25) is 0 Å². The molecule has 184 valence electrons. The number of hydrogen-bond acceptors (Lipinski definition) is 5. The molecule has 2 aromatic carbocycles. The van der Waals surface area contributed by atoms with Crippen molar-refractivity contribution >= 4 is 17.2 Å². The molecule has 4 aromatic rings. The fourth-order valence-corrected chi connectivity index (χ4v) is 5.03. The molecule has 2 amide bonds. The fourth-order valence-electron chi connectivity index (χ4n) is 5.03. The Morgan fingerprint density at radius 1 is 1.06 bits per heavy atom. The highest BCUT2D eigenvalue weighted by molar-refractivity contribution is 5.90. The second-order valence-corrected chi connectivity index (χ2v) is 9.08. The van der Waals surface area contributed by atoms with Gasteiger partial charge in [0.05, 0.1) is 18.3 Å². The van der Waals surface area contributed by atoms with Crippen molar-refractivity contribution in [2.45, 2.75) is 18.8 Å². The van der Waals surface area contributed by atoms with E-state index in [1.165, 1.54) is 0 Å². The van der Waals surface area contributed by atoms with E-state index in [0.29, 0.717) is 43.5 Å². The number of urea groups is 1. The molecule has 2 aromatic heterocycles. The summed E-state index contributed by atoms with van der Waals surface area (Å²) in [7, 11) is 1.67. The average Bonchev–Trinajstić information content (AvgIpc) is 3.33. The topological polar surface area (TPSA) is 77.3 Å². The molecular formula is C28H28N4O4. The van der Waals surface area contributed by atoms with E-state index in [0.717, 1.165) is 41.2 Å². The van der Waals surface area contributed by atoms with Crippen LogP contribution in [0.25, 0.3) is 16.8 Å². The maximum absolute atomic E-state index is 13.2. The van der Waals surface area contributed by atoms with Crippen molar-refractivity contribution in [1.29, 1.82) is 0 Å². The zero-order chi connectivity index (χ0) is 24.5. The summed E-state index contributed by atoms with van der Waals surface area (Å²) in [5.74, 6) is 3.25. The number of rotatable bonds is 4. The van der Waals surface area contributed by atoms with Crippen molar-refractivity contribution in [3.05, 3.63) is 72.7 Å². The lowest BCUT2D eigenvalue weighted by Crippen LogP contribution is -2.42. The maximum atomic E-state index is 13.2. The SMILES string of the molecule is COc1cccc(-c2nc(C3CCCN(C(=O)Nc4ccc5c(c4)OCCO5)C3)n3ccccc23)c1. The number of carbonyl (C=O) groups excluding carboxylic acids is 1. The van der Waals surface area contributed by atoms with Gasteiger partial charge in [0.15, 0.2) is 11.5 Å². The Labute approximate surface area is 209 Å². The van der Waals surface area contributed by atoms with Crippen LogP contribution in [0, 0.1) is 0 Å². The van der Waals surface area contributed by atoms with E-state index in [9.17, 15) is 4.79 Å². The first-order valence-electron chi connectivity index (χ1n) is 12.3. The fraction of sp³-hybridized carbons (Fsp3) is 0.286. The number of likely N-dealkylation sites (tertiary alicyclic amines) is 1. The third kappa shape index (κ3) is 4.19. The number of benzene rings is 2. The van der Waals surface area contributed by atoms with E-state index in [2.05, 4.69) is 28.0 Å². The number of carbonyl (C=O) groups is 1. The third-order valence-corrected chi connectivity index (χ3v) is 6.79. The normalized spacial score (nSPS) is 17.1. The molecule has 4 heterocycles. The first-order valence-corrected chi connectivity index (χ1v) is 12.3. The van der Waals surface area contributed by atoms with Gasteiger partial charge >= 0.3 is 6.03 Å². The van der Waals surface area contributed by atoms with Crippen LogP contribution in [0.15, 0.2) is 66.9 Å². The number of amides is 2. The van der Waals surface area contributed by atoms with Gasteiger partial charge in [0, 0.05) is 42.5 Å². The van der Waals surface area contributed by atoms with Crippen molar-refractivity contribution in [3.8, 4) is 28.5 Å². The van der Waals surface area contributed by atoms with Gasteiger partial charge in [-0.15, -0.1) is 0 Å². The van der Waals surface area contributed by atoms with Crippen LogP contribution in [0.3, 0.4) is 0 Å². The summed E-state index contributed by atoms with van der Waals surface area (Å²) in [5, 5.41) is 3.02. The van der Waals surface area contributed by atoms with Gasteiger partial charge in [-0.05, 0) is 49.2 Å². The summed E-state index contributed by atoms with van der Waals surface area (Å²) in [6, 6.07) is 19.5. The number of anilines is 1. The minimum Gasteiger partial charge on any atom is -0.497 e. The molecule has 0 bridgehead atoms. The molecule has 2 aliphatic rings. The molecule has 8 heteroatoms. The first-order chi connectivity index (χ1) is 17.7. The maximum Gasteiger partial charge on any atom is 0.321 e. The Hall–Kier alpha value is -4.20. The Bertz CT molecular complexity index is 1420. The Morgan fingerprint density at radius 2 is 1.94 bits per heavy atom. The zero-order valence-corrected chi connectivity index (χ0v) is 20.1. The number of aromatic nitrogens is 2. The second kappa shape index (κ2) is 9.45. The molecule has 0 saturated carbocycles. The molecule has 0 spiro atoms. The van der Waals surface area contributed by atoms with Crippen molar-refractivity contribution in [2.24, 2.45) is 0 Å². The van der Waals surface area contributed by atoms with Crippen molar-refractivity contribution in [1.82, 2.24) is 14.3 Å². The van der Waals surface area contributed by atoms with Crippen LogP contribution in [0.2, 0.25) is 0 Å². The van der Waals surface area contributed by atoms with Gasteiger partial charge in [-0.2, -0.15) is 0 Å². The van der Waals surface area contributed by atoms with Crippen LogP contribution in [0.5, 0.6) is 17.2 Å². The van der Waals surface area contributed by atoms with Gasteiger partial charge in [0.2, 0.25) is 0 Å². The Balaban J connectivity index is 1.25. The molecule has 8 nitrogen and oxygen atoms in total. The lowest BCUT2D eigenvalue weighted by Gasteiger charge is -2.32. The van der Waals surface area contributed by atoms with E-state index in [4.69, 9.17) is 19.2 Å². The second-order valence-electron chi connectivity index (χ2n) is 9.08. The van der Waals surface area contributed by atoms with Crippen LogP contribution < -0.4 is 19.5 Å². The predicted octanol–water partition coefficient (Wildman–Crippen LogP) is 5.19. The summed E-state index contributed by atoms with van der Waals surface area (Å²) in [6.07, 6.45) is 3.93. The highest BCUT2D eigenvalue weighted by Crippen LogP contribution is 2.35. The van der Waals surface area contributed by atoms with E-state index in [1.807, 2.05) is 53.4 Å². The van der Waals surface area contributed by atoms with E-state index in [1.54, 1.807) is 7.11 Å². The van der Waals surface area contributed by atoms with E-state index in [-0.39, 0.29) is 11.9 Å². The summed E-state index contributed by atoms with van der Waals surface area (Å²) >= 11 is 0. The summed E-state index contributed by atoms with van der Waals surface area (Å²) in [4.78, 5) is 20.2. The highest BCUT2D eigenvalue weighted by atomic mass is 16.6. The van der Waals surface area contributed by atoms with E-state index < -0.39 is 0 Å². The van der Waals surface area contributed by atoms with Crippen molar-refractivity contribution in [3.63, 3.8) is 0 Å². The Morgan fingerprint density at radius 3 is 2.83 bits per heavy atom. The van der Waals surface area contributed by atoms with Gasteiger partial charge in [-0.25, -0.2) is 9.78 Å². The molecular weight excluding hydrogens is 456 g/mol. The van der Waals surface area contributed by atoms with Crippen LogP contribution in [-0.4, -0.2) is 53.7 Å². The lowest BCUT2D eigenvalue weighted by atomic mass is 9.97. The number of imidazole rings is 1. The van der Waals surface area contributed by atoms with Crippen LogP contribution in [0.1, 0.15) is 24.6 Å². The predicted molar refractivity (Wildman–Crippen MR) is 137 cm³/mol. The van der Waals surface area contributed by atoms with Crippen molar-refractivity contribution < 1.29 is 19.0 Å². The van der Waals surface area contributed by atoms with Gasteiger partial charge in [-0.1, -0.05) is 18.2 Å². The minimum atomic E-state index is -0.120. The van der Waals surface area contributed by atoms with Crippen LogP contribution in [-0.2, 0) is 0 Å². The van der Waals surface area contributed by atoms with E-state index >= 15 is 0 Å². The highest BCUT2D eigenvalue weighted by Gasteiger charge is 2.29. The minimum absolute atomic E-state index is 0.120. The molecule has 1 fully saturated rings. The van der Waals surface area contributed by atoms with Gasteiger partial charge in [0.1, 0.15) is 24.8 Å². The summed E-state index contributed by atoms with van der Waals surface area (Å²) in [6.45, 7) is 2.35. The van der Waals surface area contributed by atoms with Crippen LogP contribution in [0.4, 0.5) is 10.5 Å². The standard InChI is InChI=1S/C28H28N4O4/c1-34-22-8-4-6-19(16-22)26-23-9-2-3-13-32(23)27(30-26)20-7-5-12-31(18-20)28(33)29-21-10-11-24-25(17-21)36-15-14-35-24/h2-4,6,8-11,13,16-17,20H,5,7,12,14-15,18H2,1H3,(H,29,33). The summed E-state index contributed by atoms with van der Waals surface area (Å²) in [5.41, 5.74) is 3.66. The molecule has 6 rings (SSSR count). The quantitative estimate of drug-likeness (QED) is 0.431. The first kappa shape index (κ1) is 22.3. The lowest BCUT2D eigenvalue weighted by molar-refractivity contribution is 0.171. The zero-order valence-electron chi connectivity index (χ0n) is 20.1. The Kier molecular flexibility index (Phi) is 5.85. The summed E-state index contributed by atoms with van der Waals surface area (Å²) < 4.78 is 18.8. The molecule has 1 N–H and O–H groups in total. The monoisotopic (exact) mass is 484 g/mol.